The van der Waals surface area contributed by atoms with E-state index in [-0.39, 0.29) is 27.7 Å². The average molecular weight is 294 g/mol. The summed E-state index contributed by atoms with van der Waals surface area (Å²) in [5.41, 5.74) is -0.115. The van der Waals surface area contributed by atoms with Crippen LogP contribution in [0.2, 0.25) is 0 Å². The molecular formula is C9H11FN2O4S2. The second-order valence-electron chi connectivity index (χ2n) is 3.54. The summed E-state index contributed by atoms with van der Waals surface area (Å²) in [6, 6.07) is 2.15. The molecule has 0 saturated carbocycles. The van der Waals surface area contributed by atoms with Crippen molar-refractivity contribution in [3.63, 3.8) is 0 Å². The normalized spacial score (nSPS) is 11.5. The Kier molecular flexibility index (Phi) is 4.65. The maximum absolute atomic E-state index is 13.2. The van der Waals surface area contributed by atoms with E-state index in [1.807, 2.05) is 0 Å². The van der Waals surface area contributed by atoms with Crippen LogP contribution in [0.25, 0.3) is 0 Å². The number of aryl methyl sites for hydroxylation is 1. The SMILES string of the molecule is Cc1cc(SCCS(N)(=O)=O)c([N+](=O)[O-])cc1F. The third-order valence-corrected chi connectivity index (χ3v) is 4.14. The summed E-state index contributed by atoms with van der Waals surface area (Å²) in [6.45, 7) is 1.47. The zero-order chi connectivity index (χ0) is 13.9. The first kappa shape index (κ1) is 14.9. The van der Waals surface area contributed by atoms with E-state index in [4.69, 9.17) is 5.14 Å². The summed E-state index contributed by atoms with van der Waals surface area (Å²) in [5, 5.41) is 15.5. The molecule has 0 spiro atoms. The van der Waals surface area contributed by atoms with Crippen molar-refractivity contribution in [1.29, 1.82) is 0 Å². The van der Waals surface area contributed by atoms with E-state index in [2.05, 4.69) is 0 Å². The standard InChI is InChI=1S/C9H11FN2O4S2/c1-6-4-9(17-2-3-18(11,15)16)8(12(13)14)5-7(6)10/h4-5H,2-3H2,1H3,(H2,11,15,16). The van der Waals surface area contributed by atoms with Crippen molar-refractivity contribution in [1.82, 2.24) is 0 Å². The number of rotatable bonds is 5. The third kappa shape index (κ3) is 4.24. The van der Waals surface area contributed by atoms with Gasteiger partial charge in [0.25, 0.3) is 5.69 Å². The average Bonchev–Trinajstić information content (AvgIpc) is 2.20. The molecule has 1 aromatic carbocycles. The molecule has 0 saturated heterocycles. The molecule has 0 atom stereocenters. The molecule has 0 amide bonds. The van der Waals surface area contributed by atoms with Gasteiger partial charge in [0.2, 0.25) is 10.0 Å². The van der Waals surface area contributed by atoms with Crippen LogP contribution in [-0.4, -0.2) is 24.8 Å². The molecule has 0 radical (unpaired) electrons. The Morgan fingerprint density at radius 1 is 1.50 bits per heavy atom. The van der Waals surface area contributed by atoms with Gasteiger partial charge >= 0.3 is 0 Å². The lowest BCUT2D eigenvalue weighted by Gasteiger charge is -2.04. The highest BCUT2D eigenvalue weighted by Gasteiger charge is 2.17. The topological polar surface area (TPSA) is 103 Å². The summed E-state index contributed by atoms with van der Waals surface area (Å²) < 4.78 is 34.7. The van der Waals surface area contributed by atoms with E-state index in [1.54, 1.807) is 0 Å². The van der Waals surface area contributed by atoms with Gasteiger partial charge < -0.3 is 0 Å². The van der Waals surface area contributed by atoms with Gasteiger partial charge in [0.05, 0.1) is 21.6 Å². The number of nitrogens with zero attached hydrogens (tertiary/aromatic N) is 1. The lowest BCUT2D eigenvalue weighted by molar-refractivity contribution is -0.387. The number of nitro groups is 1. The number of primary sulfonamides is 1. The smallest absolute Gasteiger partial charge is 0.258 e. The first-order valence-corrected chi connectivity index (χ1v) is 7.48. The highest BCUT2D eigenvalue weighted by Crippen LogP contribution is 2.31. The molecule has 6 nitrogen and oxygen atoms in total. The predicted molar refractivity (Wildman–Crippen MR) is 66.5 cm³/mol. The van der Waals surface area contributed by atoms with E-state index in [9.17, 15) is 22.9 Å². The Labute approximate surface area is 108 Å². The lowest BCUT2D eigenvalue weighted by Crippen LogP contribution is -2.17. The number of hydrogen-bond acceptors (Lipinski definition) is 5. The van der Waals surface area contributed by atoms with Gasteiger partial charge in [-0.3, -0.25) is 10.1 Å². The molecule has 100 valence electrons. The van der Waals surface area contributed by atoms with E-state index >= 15 is 0 Å². The minimum atomic E-state index is -3.61. The fourth-order valence-electron chi connectivity index (χ4n) is 1.17. The van der Waals surface area contributed by atoms with E-state index in [0.29, 0.717) is 0 Å². The first-order chi connectivity index (χ1) is 8.20. The van der Waals surface area contributed by atoms with Crippen LogP contribution in [-0.2, 0) is 10.0 Å². The van der Waals surface area contributed by atoms with E-state index in [0.717, 1.165) is 17.8 Å². The van der Waals surface area contributed by atoms with Crippen molar-refractivity contribution in [2.24, 2.45) is 5.14 Å². The van der Waals surface area contributed by atoms with Crippen LogP contribution in [0.5, 0.6) is 0 Å². The highest BCUT2D eigenvalue weighted by molar-refractivity contribution is 8.00. The quantitative estimate of drug-likeness (QED) is 0.502. The van der Waals surface area contributed by atoms with E-state index < -0.39 is 20.8 Å². The summed E-state index contributed by atoms with van der Waals surface area (Å²) in [4.78, 5) is 10.2. The van der Waals surface area contributed by atoms with Crippen LogP contribution < -0.4 is 5.14 Å². The number of halogens is 1. The van der Waals surface area contributed by atoms with Crippen molar-refractivity contribution >= 4 is 27.5 Å². The fourth-order valence-corrected chi connectivity index (χ4v) is 3.19. The minimum absolute atomic E-state index is 0.0742. The number of nitrogens with two attached hydrogens (primary N) is 1. The largest absolute Gasteiger partial charge is 0.285 e. The van der Waals surface area contributed by atoms with Crippen molar-refractivity contribution in [2.45, 2.75) is 11.8 Å². The molecular weight excluding hydrogens is 283 g/mol. The summed E-state index contributed by atoms with van der Waals surface area (Å²) >= 11 is 0.958. The lowest BCUT2D eigenvalue weighted by atomic mass is 10.2. The molecule has 0 unspecified atom stereocenters. The molecule has 0 aliphatic rings. The van der Waals surface area contributed by atoms with Crippen LogP contribution >= 0.6 is 11.8 Å². The van der Waals surface area contributed by atoms with Gasteiger partial charge in [-0.2, -0.15) is 0 Å². The summed E-state index contributed by atoms with van der Waals surface area (Å²) in [7, 11) is -3.61. The Bertz CT molecular complexity index is 574. The van der Waals surface area contributed by atoms with Gasteiger partial charge in [-0.05, 0) is 18.6 Å². The number of thioether (sulfide) groups is 1. The van der Waals surface area contributed by atoms with Crippen molar-refractivity contribution < 1.29 is 17.7 Å². The van der Waals surface area contributed by atoms with E-state index in [1.165, 1.54) is 13.0 Å². The van der Waals surface area contributed by atoms with Gasteiger partial charge in [-0.15, -0.1) is 11.8 Å². The van der Waals surface area contributed by atoms with Gasteiger partial charge in [-0.1, -0.05) is 0 Å². The Morgan fingerprint density at radius 2 is 2.11 bits per heavy atom. The van der Waals surface area contributed by atoms with Crippen LogP contribution in [0.1, 0.15) is 5.56 Å². The van der Waals surface area contributed by atoms with Crippen molar-refractivity contribution in [2.75, 3.05) is 11.5 Å². The van der Waals surface area contributed by atoms with Crippen LogP contribution in [0.3, 0.4) is 0 Å². The second-order valence-corrected chi connectivity index (χ2v) is 6.41. The van der Waals surface area contributed by atoms with Crippen molar-refractivity contribution in [3.05, 3.63) is 33.6 Å². The Morgan fingerprint density at radius 3 is 2.61 bits per heavy atom. The number of hydrogen-bond donors (Lipinski definition) is 1. The number of benzene rings is 1. The Balaban J connectivity index is 2.94. The first-order valence-electron chi connectivity index (χ1n) is 4.78. The molecule has 0 heterocycles. The molecule has 1 rings (SSSR count). The van der Waals surface area contributed by atoms with Crippen molar-refractivity contribution in [3.8, 4) is 0 Å². The summed E-state index contributed by atoms with van der Waals surface area (Å²) in [6.07, 6.45) is 0. The highest BCUT2D eigenvalue weighted by atomic mass is 32.2. The number of sulfonamides is 1. The van der Waals surface area contributed by atoms with Gasteiger partial charge in [0, 0.05) is 5.75 Å². The summed E-state index contributed by atoms with van der Waals surface area (Å²) in [5.74, 6) is -0.895. The fraction of sp³-hybridized carbons (Fsp3) is 0.333. The molecule has 2 N–H and O–H groups in total. The zero-order valence-electron chi connectivity index (χ0n) is 9.42. The molecule has 0 aromatic heterocycles. The maximum Gasteiger partial charge on any atom is 0.285 e. The van der Waals surface area contributed by atoms with Gasteiger partial charge in [0.1, 0.15) is 5.82 Å². The Hall–Kier alpha value is -1.19. The molecule has 0 aliphatic carbocycles. The monoisotopic (exact) mass is 294 g/mol. The molecule has 0 aliphatic heterocycles. The second kappa shape index (κ2) is 5.63. The zero-order valence-corrected chi connectivity index (χ0v) is 11.1. The van der Waals surface area contributed by atoms with Crippen LogP contribution in [0.15, 0.2) is 17.0 Å². The number of nitro benzene ring substituents is 1. The molecule has 0 bridgehead atoms. The minimum Gasteiger partial charge on any atom is -0.258 e. The molecule has 1 aromatic rings. The maximum atomic E-state index is 13.2. The van der Waals surface area contributed by atoms with Gasteiger partial charge in [-0.25, -0.2) is 17.9 Å². The van der Waals surface area contributed by atoms with Crippen LogP contribution in [0.4, 0.5) is 10.1 Å². The molecule has 18 heavy (non-hydrogen) atoms. The third-order valence-electron chi connectivity index (χ3n) is 2.06. The van der Waals surface area contributed by atoms with Crippen LogP contribution in [0, 0.1) is 22.9 Å². The van der Waals surface area contributed by atoms with Gasteiger partial charge in [0.15, 0.2) is 0 Å². The predicted octanol–water partition coefficient (Wildman–Crippen LogP) is 1.42. The molecule has 9 heteroatoms. The molecule has 0 fully saturated rings.